The minimum atomic E-state index is -3.25. The van der Waals surface area contributed by atoms with Crippen LogP contribution in [0.3, 0.4) is 0 Å². The molecule has 2 rings (SSSR count). The van der Waals surface area contributed by atoms with Gasteiger partial charge in [-0.3, -0.25) is 0 Å². The molecule has 1 atom stereocenters. The van der Waals surface area contributed by atoms with Crippen molar-refractivity contribution >= 4 is 9.84 Å². The van der Waals surface area contributed by atoms with Crippen LogP contribution in [0.15, 0.2) is 23.1 Å². The van der Waals surface area contributed by atoms with Crippen LogP contribution >= 0.6 is 0 Å². The Labute approximate surface area is 119 Å². The quantitative estimate of drug-likeness (QED) is 0.839. The summed E-state index contributed by atoms with van der Waals surface area (Å²) >= 11 is 0. The van der Waals surface area contributed by atoms with Gasteiger partial charge in [0, 0.05) is 19.1 Å². The van der Waals surface area contributed by atoms with Crippen molar-refractivity contribution in [3.05, 3.63) is 29.6 Å². The molecular formula is C14H21FN2O2S. The van der Waals surface area contributed by atoms with Crippen molar-refractivity contribution in [3.63, 3.8) is 0 Å². The van der Waals surface area contributed by atoms with Gasteiger partial charge in [-0.1, -0.05) is 6.92 Å². The van der Waals surface area contributed by atoms with Gasteiger partial charge in [0.05, 0.1) is 10.6 Å². The molecule has 20 heavy (non-hydrogen) atoms. The Balaban J connectivity index is 2.15. The molecule has 1 heterocycles. The Morgan fingerprint density at radius 2 is 2.20 bits per heavy atom. The van der Waals surface area contributed by atoms with Gasteiger partial charge in [-0.2, -0.15) is 0 Å². The smallest absolute Gasteiger partial charge is 0.178 e. The number of benzene rings is 1. The third-order valence-electron chi connectivity index (χ3n) is 3.78. The minimum absolute atomic E-state index is 0.0884. The summed E-state index contributed by atoms with van der Waals surface area (Å²) in [6, 6.07) is 3.84. The van der Waals surface area contributed by atoms with E-state index >= 15 is 0 Å². The maximum Gasteiger partial charge on any atom is 0.178 e. The highest BCUT2D eigenvalue weighted by Crippen LogP contribution is 2.32. The number of hydrogen-bond acceptors (Lipinski definition) is 4. The van der Waals surface area contributed by atoms with Crippen LogP contribution in [-0.2, 0) is 9.84 Å². The van der Waals surface area contributed by atoms with Crippen LogP contribution in [0.1, 0.15) is 24.9 Å². The van der Waals surface area contributed by atoms with Gasteiger partial charge in [0.15, 0.2) is 9.84 Å². The first-order valence-corrected chi connectivity index (χ1v) is 8.53. The van der Waals surface area contributed by atoms with Crippen molar-refractivity contribution in [1.82, 2.24) is 10.2 Å². The second kappa shape index (κ2) is 6.20. The zero-order valence-corrected chi connectivity index (χ0v) is 12.7. The number of rotatable bonds is 5. The normalized spacial score (nSPS) is 20.9. The number of fused-ring (bicyclic) bond motifs is 1. The van der Waals surface area contributed by atoms with Crippen LogP contribution in [0, 0.1) is 5.82 Å². The van der Waals surface area contributed by atoms with Crippen molar-refractivity contribution in [2.75, 3.05) is 32.4 Å². The molecule has 6 heteroatoms. The Morgan fingerprint density at radius 3 is 2.90 bits per heavy atom. The lowest BCUT2D eigenvalue weighted by atomic mass is 10.0. The number of hydrogen-bond donors (Lipinski definition) is 1. The number of nitrogens with one attached hydrogen (secondary N) is 1. The minimum Gasteiger partial charge on any atom is -0.309 e. The van der Waals surface area contributed by atoms with E-state index in [0.29, 0.717) is 12.0 Å². The van der Waals surface area contributed by atoms with Crippen LogP contribution in [0.5, 0.6) is 0 Å². The Hall–Kier alpha value is -0.980. The maximum atomic E-state index is 13.4. The predicted octanol–water partition coefficient (Wildman–Crippen LogP) is 1.59. The third-order valence-corrected chi connectivity index (χ3v) is 5.60. The molecule has 0 fully saturated rings. The summed E-state index contributed by atoms with van der Waals surface area (Å²) < 4.78 is 37.4. The van der Waals surface area contributed by atoms with Gasteiger partial charge in [0.25, 0.3) is 0 Å². The summed E-state index contributed by atoms with van der Waals surface area (Å²) in [5.41, 5.74) is 0.565. The lowest BCUT2D eigenvalue weighted by Crippen LogP contribution is -2.35. The zero-order valence-electron chi connectivity index (χ0n) is 11.9. The Morgan fingerprint density at radius 1 is 1.45 bits per heavy atom. The first-order chi connectivity index (χ1) is 9.44. The molecule has 0 aliphatic carbocycles. The van der Waals surface area contributed by atoms with Gasteiger partial charge in [0.1, 0.15) is 5.82 Å². The van der Waals surface area contributed by atoms with Gasteiger partial charge < -0.3 is 10.2 Å². The highest BCUT2D eigenvalue weighted by Gasteiger charge is 2.30. The molecule has 112 valence electrons. The molecule has 0 amide bonds. The molecule has 4 nitrogen and oxygen atoms in total. The summed E-state index contributed by atoms with van der Waals surface area (Å²) in [5, 5.41) is 3.34. The molecule has 0 bridgehead atoms. The average molecular weight is 300 g/mol. The highest BCUT2D eigenvalue weighted by molar-refractivity contribution is 7.91. The third kappa shape index (κ3) is 3.37. The number of sulfone groups is 1. The molecule has 0 radical (unpaired) electrons. The van der Waals surface area contributed by atoms with Gasteiger partial charge in [-0.25, -0.2) is 12.8 Å². The second-order valence-corrected chi connectivity index (χ2v) is 7.27. The first-order valence-electron chi connectivity index (χ1n) is 6.88. The summed E-state index contributed by atoms with van der Waals surface area (Å²) in [5.74, 6) is -0.272. The monoisotopic (exact) mass is 300 g/mol. The molecule has 1 aliphatic rings. The molecule has 1 unspecified atom stereocenters. The largest absolute Gasteiger partial charge is 0.309 e. The lowest BCUT2D eigenvalue weighted by molar-refractivity contribution is 0.337. The molecule has 0 spiro atoms. The van der Waals surface area contributed by atoms with E-state index in [1.165, 1.54) is 18.2 Å². The molecule has 1 aromatic carbocycles. The van der Waals surface area contributed by atoms with Crippen molar-refractivity contribution in [2.24, 2.45) is 0 Å². The molecular weight excluding hydrogens is 279 g/mol. The summed E-state index contributed by atoms with van der Waals surface area (Å²) in [6.07, 6.45) is 0.495. The van der Waals surface area contributed by atoms with Crippen LogP contribution in [-0.4, -0.2) is 45.8 Å². The lowest BCUT2D eigenvalue weighted by Gasteiger charge is -2.27. The average Bonchev–Trinajstić information content (AvgIpc) is 2.40. The summed E-state index contributed by atoms with van der Waals surface area (Å²) in [4.78, 5) is 2.44. The van der Waals surface area contributed by atoms with E-state index in [-0.39, 0.29) is 16.7 Å². The van der Waals surface area contributed by atoms with Crippen LogP contribution in [0.4, 0.5) is 4.39 Å². The van der Waals surface area contributed by atoms with Gasteiger partial charge >= 0.3 is 0 Å². The van der Waals surface area contributed by atoms with E-state index in [9.17, 15) is 12.8 Å². The molecule has 1 N–H and O–H groups in total. The van der Waals surface area contributed by atoms with E-state index in [0.717, 1.165) is 19.6 Å². The second-order valence-electron chi connectivity index (χ2n) is 5.19. The van der Waals surface area contributed by atoms with Crippen molar-refractivity contribution in [2.45, 2.75) is 24.3 Å². The molecule has 1 aromatic rings. The van der Waals surface area contributed by atoms with E-state index in [1.54, 1.807) is 0 Å². The standard InChI is InChI=1S/C14H21FN2O2S/c1-3-17(2)8-7-16-13-6-9-20(18,19)14-5-4-11(15)10-12(13)14/h4-5,10,13,16H,3,6-9H2,1-2H3. The van der Waals surface area contributed by atoms with Gasteiger partial charge in [0.2, 0.25) is 0 Å². The SMILES string of the molecule is CCN(C)CCNC1CCS(=O)(=O)c2ccc(F)cc21. The van der Waals surface area contributed by atoms with E-state index < -0.39 is 15.7 Å². The molecule has 1 aliphatic heterocycles. The van der Waals surface area contributed by atoms with Crippen LogP contribution in [0.25, 0.3) is 0 Å². The molecule has 0 aromatic heterocycles. The number of nitrogens with zero attached hydrogens (tertiary/aromatic N) is 1. The highest BCUT2D eigenvalue weighted by atomic mass is 32.2. The van der Waals surface area contributed by atoms with E-state index in [4.69, 9.17) is 0 Å². The predicted molar refractivity (Wildman–Crippen MR) is 77.0 cm³/mol. The van der Waals surface area contributed by atoms with Crippen molar-refractivity contribution in [1.29, 1.82) is 0 Å². The number of halogens is 1. The fourth-order valence-electron chi connectivity index (χ4n) is 2.41. The summed E-state index contributed by atoms with van der Waals surface area (Å²) in [6.45, 7) is 4.68. The van der Waals surface area contributed by atoms with Gasteiger partial charge in [-0.05, 0) is 43.8 Å². The van der Waals surface area contributed by atoms with Crippen LogP contribution in [0.2, 0.25) is 0 Å². The van der Waals surface area contributed by atoms with E-state index in [1.807, 2.05) is 7.05 Å². The van der Waals surface area contributed by atoms with Crippen molar-refractivity contribution < 1.29 is 12.8 Å². The zero-order chi connectivity index (χ0) is 14.8. The molecule has 0 saturated heterocycles. The first kappa shape index (κ1) is 15.4. The maximum absolute atomic E-state index is 13.4. The Bertz CT molecular complexity index is 575. The summed E-state index contributed by atoms with van der Waals surface area (Å²) in [7, 11) is -1.23. The van der Waals surface area contributed by atoms with Crippen LogP contribution < -0.4 is 5.32 Å². The fraction of sp³-hybridized carbons (Fsp3) is 0.571. The fourth-order valence-corrected chi connectivity index (χ4v) is 4.01. The van der Waals surface area contributed by atoms with Gasteiger partial charge in [-0.15, -0.1) is 0 Å². The Kier molecular flexibility index (Phi) is 4.78. The number of likely N-dealkylation sites (N-methyl/N-ethyl adjacent to an activating group) is 1. The van der Waals surface area contributed by atoms with Crippen molar-refractivity contribution in [3.8, 4) is 0 Å². The molecule has 0 saturated carbocycles. The van der Waals surface area contributed by atoms with E-state index in [2.05, 4.69) is 17.1 Å². The topological polar surface area (TPSA) is 49.4 Å².